The summed E-state index contributed by atoms with van der Waals surface area (Å²) in [5.41, 5.74) is 0. The van der Waals surface area contributed by atoms with Crippen molar-refractivity contribution >= 4 is 11.9 Å². The number of esters is 2. The van der Waals surface area contributed by atoms with Crippen molar-refractivity contribution in [3.8, 4) is 0 Å². The predicted molar refractivity (Wildman–Crippen MR) is 61.5 cm³/mol. The maximum atomic E-state index is 12.4. The molecule has 8 heteroatoms. The molecule has 0 aliphatic rings. The van der Waals surface area contributed by atoms with E-state index >= 15 is 0 Å². The third-order valence-corrected chi connectivity index (χ3v) is 2.53. The Morgan fingerprint density at radius 1 is 1.05 bits per heavy atom. The number of carbonyl (C=O) groups excluding carboxylic acids is 2. The van der Waals surface area contributed by atoms with Gasteiger partial charge in [0.25, 0.3) is 0 Å². The van der Waals surface area contributed by atoms with Crippen molar-refractivity contribution in [3.63, 3.8) is 0 Å². The zero-order valence-corrected chi connectivity index (χ0v) is 11.5. The van der Waals surface area contributed by atoms with E-state index in [1.807, 2.05) is 13.8 Å². The van der Waals surface area contributed by atoms with Crippen molar-refractivity contribution in [2.24, 2.45) is 5.92 Å². The maximum Gasteiger partial charge on any atom is 0.340 e. The summed E-state index contributed by atoms with van der Waals surface area (Å²) in [6.07, 6.45) is -5.10. The number of rotatable bonds is 8. The molecule has 0 saturated heterocycles. The van der Waals surface area contributed by atoms with E-state index in [1.54, 1.807) is 6.92 Å². The first-order chi connectivity index (χ1) is 9.06. The third kappa shape index (κ3) is 7.30. The standard InChI is InChI=1S/C12H18F4O4/c1-7(2)8(3)20-10(18)5-4-9(17)19-6-12(15,16)11(13)14/h7-8,11H,4-6H2,1-3H3. The first-order valence-electron chi connectivity index (χ1n) is 6.07. The molecule has 0 aromatic carbocycles. The summed E-state index contributed by atoms with van der Waals surface area (Å²) in [5, 5.41) is 0. The molecule has 0 amide bonds. The normalized spacial score (nSPS) is 13.4. The highest BCUT2D eigenvalue weighted by molar-refractivity contribution is 5.77. The summed E-state index contributed by atoms with van der Waals surface area (Å²) in [7, 11) is 0. The van der Waals surface area contributed by atoms with Crippen molar-refractivity contribution < 1.29 is 36.6 Å². The van der Waals surface area contributed by atoms with Crippen LogP contribution in [-0.4, -0.2) is 37.0 Å². The average molecular weight is 302 g/mol. The number of carbonyl (C=O) groups is 2. The van der Waals surface area contributed by atoms with Crippen LogP contribution in [0, 0.1) is 5.92 Å². The van der Waals surface area contributed by atoms with Crippen molar-refractivity contribution in [1.82, 2.24) is 0 Å². The highest BCUT2D eigenvalue weighted by atomic mass is 19.3. The molecule has 1 atom stereocenters. The van der Waals surface area contributed by atoms with E-state index in [2.05, 4.69) is 4.74 Å². The lowest BCUT2D eigenvalue weighted by Crippen LogP contribution is -2.33. The lowest BCUT2D eigenvalue weighted by molar-refractivity contribution is -0.180. The van der Waals surface area contributed by atoms with Gasteiger partial charge in [0, 0.05) is 0 Å². The molecule has 0 spiro atoms. The van der Waals surface area contributed by atoms with Crippen LogP contribution in [0.1, 0.15) is 33.6 Å². The van der Waals surface area contributed by atoms with Gasteiger partial charge in [0.05, 0.1) is 12.8 Å². The topological polar surface area (TPSA) is 52.6 Å². The van der Waals surface area contributed by atoms with Gasteiger partial charge < -0.3 is 9.47 Å². The van der Waals surface area contributed by atoms with Gasteiger partial charge in [-0.1, -0.05) is 13.8 Å². The molecule has 4 nitrogen and oxygen atoms in total. The van der Waals surface area contributed by atoms with Gasteiger partial charge in [-0.25, -0.2) is 8.78 Å². The summed E-state index contributed by atoms with van der Waals surface area (Å²) in [4.78, 5) is 22.3. The van der Waals surface area contributed by atoms with Crippen molar-refractivity contribution in [2.45, 2.75) is 52.1 Å². The quantitative estimate of drug-likeness (QED) is 0.511. The molecule has 0 fully saturated rings. The Kier molecular flexibility index (Phi) is 7.52. The molecule has 0 aliphatic heterocycles. The van der Waals surface area contributed by atoms with Crippen molar-refractivity contribution in [3.05, 3.63) is 0 Å². The fourth-order valence-corrected chi connectivity index (χ4v) is 0.918. The van der Waals surface area contributed by atoms with Gasteiger partial charge >= 0.3 is 24.3 Å². The van der Waals surface area contributed by atoms with Gasteiger partial charge in [-0.2, -0.15) is 8.78 Å². The minimum atomic E-state index is -4.39. The van der Waals surface area contributed by atoms with E-state index in [4.69, 9.17) is 4.74 Å². The molecule has 118 valence electrons. The van der Waals surface area contributed by atoms with Gasteiger partial charge in [0.1, 0.15) is 6.10 Å². The van der Waals surface area contributed by atoms with E-state index in [1.165, 1.54) is 0 Å². The molecule has 0 aliphatic carbocycles. The highest BCUT2D eigenvalue weighted by Gasteiger charge is 2.42. The van der Waals surface area contributed by atoms with Crippen LogP contribution in [0.2, 0.25) is 0 Å². The van der Waals surface area contributed by atoms with E-state index in [9.17, 15) is 27.2 Å². The van der Waals surface area contributed by atoms with Crippen LogP contribution in [0.25, 0.3) is 0 Å². The van der Waals surface area contributed by atoms with Crippen LogP contribution in [-0.2, 0) is 19.1 Å². The zero-order chi connectivity index (χ0) is 15.9. The van der Waals surface area contributed by atoms with E-state index < -0.39 is 37.3 Å². The largest absolute Gasteiger partial charge is 0.462 e. The van der Waals surface area contributed by atoms with Gasteiger partial charge in [-0.15, -0.1) is 0 Å². The summed E-state index contributed by atoms with van der Waals surface area (Å²) >= 11 is 0. The first-order valence-corrected chi connectivity index (χ1v) is 6.07. The van der Waals surface area contributed by atoms with Crippen LogP contribution in [0.15, 0.2) is 0 Å². The lowest BCUT2D eigenvalue weighted by atomic mass is 10.1. The Bertz CT molecular complexity index is 331. The highest BCUT2D eigenvalue weighted by Crippen LogP contribution is 2.23. The second-order valence-corrected chi connectivity index (χ2v) is 4.66. The van der Waals surface area contributed by atoms with Crippen LogP contribution >= 0.6 is 0 Å². The second kappa shape index (κ2) is 8.06. The van der Waals surface area contributed by atoms with Gasteiger partial charge in [0.2, 0.25) is 0 Å². The van der Waals surface area contributed by atoms with E-state index in [0.717, 1.165) is 0 Å². The number of ether oxygens (including phenoxy) is 2. The monoisotopic (exact) mass is 302 g/mol. The van der Waals surface area contributed by atoms with Crippen LogP contribution in [0.3, 0.4) is 0 Å². The molecule has 0 saturated carbocycles. The van der Waals surface area contributed by atoms with Crippen LogP contribution < -0.4 is 0 Å². The van der Waals surface area contributed by atoms with Gasteiger partial charge in [-0.3, -0.25) is 9.59 Å². The average Bonchev–Trinajstić information content (AvgIpc) is 2.33. The second-order valence-electron chi connectivity index (χ2n) is 4.66. The molecule has 20 heavy (non-hydrogen) atoms. The van der Waals surface area contributed by atoms with Crippen LogP contribution in [0.4, 0.5) is 17.6 Å². The minimum Gasteiger partial charge on any atom is -0.462 e. The van der Waals surface area contributed by atoms with E-state index in [-0.39, 0.29) is 18.4 Å². The smallest absolute Gasteiger partial charge is 0.340 e. The van der Waals surface area contributed by atoms with E-state index in [0.29, 0.717) is 0 Å². The fourth-order valence-electron chi connectivity index (χ4n) is 0.918. The molecule has 1 unspecified atom stereocenters. The Hall–Kier alpha value is -1.34. The summed E-state index contributed by atoms with van der Waals surface area (Å²) in [6, 6.07) is 0. The molecule has 0 aromatic rings. The molecule has 0 heterocycles. The molecule has 0 bridgehead atoms. The molecule has 0 rings (SSSR count). The Morgan fingerprint density at radius 3 is 2.00 bits per heavy atom. The number of hydrogen-bond acceptors (Lipinski definition) is 4. The summed E-state index contributed by atoms with van der Waals surface area (Å²) in [6.45, 7) is 3.63. The number of halogens is 4. The van der Waals surface area contributed by atoms with Gasteiger partial charge in [-0.05, 0) is 12.8 Å². The number of hydrogen-bond donors (Lipinski definition) is 0. The zero-order valence-electron chi connectivity index (χ0n) is 11.5. The molecular weight excluding hydrogens is 284 g/mol. The Balaban J connectivity index is 3.97. The Labute approximate surface area is 114 Å². The molecule has 0 aromatic heterocycles. The van der Waals surface area contributed by atoms with Crippen molar-refractivity contribution in [1.29, 1.82) is 0 Å². The molecular formula is C12H18F4O4. The molecule has 0 N–H and O–H groups in total. The SMILES string of the molecule is CC(C)C(C)OC(=O)CCC(=O)OCC(F)(F)C(F)F. The summed E-state index contributed by atoms with van der Waals surface area (Å²) < 4.78 is 57.4. The minimum absolute atomic E-state index is 0.0932. The maximum absolute atomic E-state index is 12.4. The van der Waals surface area contributed by atoms with Crippen LogP contribution in [0.5, 0.6) is 0 Å². The Morgan fingerprint density at radius 2 is 1.55 bits per heavy atom. The third-order valence-electron chi connectivity index (χ3n) is 2.53. The van der Waals surface area contributed by atoms with Gasteiger partial charge in [0.15, 0.2) is 6.61 Å². The predicted octanol–water partition coefficient (Wildman–Crippen LogP) is 2.80. The summed E-state index contributed by atoms with van der Waals surface area (Å²) in [5.74, 6) is -6.12. The number of alkyl halides is 4. The first kappa shape index (κ1) is 18.7. The fraction of sp³-hybridized carbons (Fsp3) is 0.833. The van der Waals surface area contributed by atoms with Crippen molar-refractivity contribution in [2.75, 3.05) is 6.61 Å². The lowest BCUT2D eigenvalue weighted by Gasteiger charge is -2.17. The molecule has 0 radical (unpaired) electrons.